The molecule has 82 valence electrons. The SMILES string of the molecule is CCC12C[C@@H]3C[C@@H](CC(N)(C3)C1)C2.Cl. The van der Waals surface area contributed by atoms with Crippen molar-refractivity contribution in [3.63, 3.8) is 0 Å². The summed E-state index contributed by atoms with van der Waals surface area (Å²) in [7, 11) is 0. The Hall–Kier alpha value is 0.250. The molecular weight excluding hydrogens is 194 g/mol. The maximum absolute atomic E-state index is 6.48. The van der Waals surface area contributed by atoms with Gasteiger partial charge in [-0.05, 0) is 55.8 Å². The fourth-order valence-electron chi connectivity index (χ4n) is 4.94. The molecule has 2 heteroatoms. The van der Waals surface area contributed by atoms with Crippen LogP contribution >= 0.6 is 12.4 Å². The van der Waals surface area contributed by atoms with E-state index in [9.17, 15) is 0 Å². The first-order valence-corrected chi connectivity index (χ1v) is 5.92. The third-order valence-corrected chi connectivity index (χ3v) is 4.98. The third kappa shape index (κ3) is 1.40. The van der Waals surface area contributed by atoms with Crippen LogP contribution in [0.15, 0.2) is 0 Å². The average Bonchev–Trinajstić information content (AvgIpc) is 1.99. The molecule has 14 heavy (non-hydrogen) atoms. The van der Waals surface area contributed by atoms with Crippen molar-refractivity contribution in [2.45, 2.75) is 57.4 Å². The van der Waals surface area contributed by atoms with Crippen LogP contribution < -0.4 is 5.73 Å². The number of hydrogen-bond donors (Lipinski definition) is 1. The smallest absolute Gasteiger partial charge is 0.0164 e. The van der Waals surface area contributed by atoms with Gasteiger partial charge in [0.15, 0.2) is 0 Å². The van der Waals surface area contributed by atoms with E-state index in [1.807, 2.05) is 0 Å². The molecule has 4 rings (SSSR count). The highest BCUT2D eigenvalue weighted by Gasteiger charge is 2.55. The molecule has 1 nitrogen and oxygen atoms in total. The molecule has 2 N–H and O–H groups in total. The molecule has 4 aliphatic carbocycles. The van der Waals surface area contributed by atoms with Gasteiger partial charge in [-0.15, -0.1) is 12.4 Å². The highest BCUT2D eigenvalue weighted by molar-refractivity contribution is 5.85. The lowest BCUT2D eigenvalue weighted by Crippen LogP contribution is -2.59. The van der Waals surface area contributed by atoms with Crippen LogP contribution in [0.5, 0.6) is 0 Å². The highest BCUT2D eigenvalue weighted by Crippen LogP contribution is 2.61. The van der Waals surface area contributed by atoms with Crippen LogP contribution in [0.1, 0.15) is 51.9 Å². The molecule has 2 unspecified atom stereocenters. The van der Waals surface area contributed by atoms with Crippen LogP contribution in [0, 0.1) is 17.3 Å². The summed E-state index contributed by atoms with van der Waals surface area (Å²) in [5.41, 5.74) is 7.42. The van der Waals surface area contributed by atoms with E-state index in [-0.39, 0.29) is 17.9 Å². The van der Waals surface area contributed by atoms with Gasteiger partial charge in [-0.3, -0.25) is 0 Å². The normalized spacial score (nSPS) is 54.4. The Morgan fingerprint density at radius 1 is 1.14 bits per heavy atom. The molecule has 0 saturated heterocycles. The molecule has 4 atom stereocenters. The molecule has 4 saturated carbocycles. The van der Waals surface area contributed by atoms with Gasteiger partial charge in [0.1, 0.15) is 0 Å². The summed E-state index contributed by atoms with van der Waals surface area (Å²) in [5, 5.41) is 0. The van der Waals surface area contributed by atoms with Crippen LogP contribution in [0.2, 0.25) is 0 Å². The van der Waals surface area contributed by atoms with E-state index in [2.05, 4.69) is 6.92 Å². The average molecular weight is 216 g/mol. The van der Waals surface area contributed by atoms with E-state index in [4.69, 9.17) is 5.73 Å². The first-order chi connectivity index (χ1) is 6.13. The van der Waals surface area contributed by atoms with E-state index >= 15 is 0 Å². The molecule has 4 fully saturated rings. The van der Waals surface area contributed by atoms with Crippen molar-refractivity contribution in [3.8, 4) is 0 Å². The first kappa shape index (κ1) is 10.8. The lowest BCUT2D eigenvalue weighted by molar-refractivity contribution is -0.0687. The number of nitrogens with two attached hydrogens (primary N) is 1. The second-order valence-electron chi connectivity index (χ2n) is 6.18. The van der Waals surface area contributed by atoms with Gasteiger partial charge in [-0.1, -0.05) is 13.3 Å². The van der Waals surface area contributed by atoms with Gasteiger partial charge in [0.2, 0.25) is 0 Å². The van der Waals surface area contributed by atoms with Crippen molar-refractivity contribution >= 4 is 12.4 Å². The summed E-state index contributed by atoms with van der Waals surface area (Å²) in [6.45, 7) is 2.37. The molecule has 4 aliphatic rings. The largest absolute Gasteiger partial charge is 0.325 e. The topological polar surface area (TPSA) is 26.0 Å². The third-order valence-electron chi connectivity index (χ3n) is 4.98. The predicted molar refractivity (Wildman–Crippen MR) is 61.6 cm³/mol. The summed E-state index contributed by atoms with van der Waals surface area (Å²) in [4.78, 5) is 0. The van der Waals surface area contributed by atoms with Crippen molar-refractivity contribution in [3.05, 3.63) is 0 Å². The minimum absolute atomic E-state index is 0. The monoisotopic (exact) mass is 215 g/mol. The number of hydrogen-bond acceptors (Lipinski definition) is 1. The van der Waals surface area contributed by atoms with Gasteiger partial charge in [0, 0.05) is 5.54 Å². The summed E-state index contributed by atoms with van der Waals surface area (Å²) in [6, 6.07) is 0. The molecule has 0 radical (unpaired) electrons. The molecule has 4 bridgehead atoms. The van der Waals surface area contributed by atoms with Gasteiger partial charge < -0.3 is 5.73 Å². The van der Waals surface area contributed by atoms with Crippen molar-refractivity contribution in [2.75, 3.05) is 0 Å². The maximum atomic E-state index is 6.48. The molecule has 0 aliphatic heterocycles. The van der Waals surface area contributed by atoms with E-state index in [1.165, 1.54) is 44.9 Å². The maximum Gasteiger partial charge on any atom is 0.0164 e. The molecule has 0 amide bonds. The minimum atomic E-state index is 0. The number of rotatable bonds is 1. The Kier molecular flexibility index (Phi) is 2.40. The van der Waals surface area contributed by atoms with Crippen molar-refractivity contribution in [2.24, 2.45) is 23.0 Å². The standard InChI is InChI=1S/C12H21N.ClH/c1-2-11-4-9-3-10(5-11)7-12(13,6-9)8-11;/h9-10H,2-8,13H2,1H3;1H/t9-,10+,11?,12?;. The summed E-state index contributed by atoms with van der Waals surface area (Å²) in [6.07, 6.45) is 9.89. The summed E-state index contributed by atoms with van der Waals surface area (Å²) in [5.74, 6) is 1.98. The van der Waals surface area contributed by atoms with E-state index in [1.54, 1.807) is 0 Å². The molecule has 0 aromatic carbocycles. The van der Waals surface area contributed by atoms with E-state index in [0.717, 1.165) is 11.8 Å². The molecule has 0 aromatic heterocycles. The Morgan fingerprint density at radius 2 is 1.71 bits per heavy atom. The van der Waals surface area contributed by atoms with Gasteiger partial charge in [-0.25, -0.2) is 0 Å². The Balaban J connectivity index is 0.000000750. The van der Waals surface area contributed by atoms with Crippen LogP contribution in [0.3, 0.4) is 0 Å². The zero-order valence-electron chi connectivity index (χ0n) is 9.09. The van der Waals surface area contributed by atoms with Gasteiger partial charge in [-0.2, -0.15) is 0 Å². The lowest BCUT2D eigenvalue weighted by Gasteiger charge is -2.61. The summed E-state index contributed by atoms with van der Waals surface area (Å²) >= 11 is 0. The molecule has 0 spiro atoms. The fraction of sp³-hybridized carbons (Fsp3) is 1.00. The van der Waals surface area contributed by atoms with E-state index in [0.29, 0.717) is 5.41 Å². The van der Waals surface area contributed by atoms with Crippen molar-refractivity contribution in [1.82, 2.24) is 0 Å². The zero-order valence-corrected chi connectivity index (χ0v) is 9.91. The van der Waals surface area contributed by atoms with Crippen LogP contribution in [0.25, 0.3) is 0 Å². The van der Waals surface area contributed by atoms with Crippen molar-refractivity contribution in [1.29, 1.82) is 0 Å². The molecule has 0 heterocycles. The van der Waals surface area contributed by atoms with Crippen LogP contribution in [-0.2, 0) is 0 Å². The van der Waals surface area contributed by atoms with E-state index < -0.39 is 0 Å². The Labute approximate surface area is 93.2 Å². The fourth-order valence-corrected chi connectivity index (χ4v) is 4.94. The quantitative estimate of drug-likeness (QED) is 0.715. The van der Waals surface area contributed by atoms with Gasteiger partial charge in [0.25, 0.3) is 0 Å². The second-order valence-corrected chi connectivity index (χ2v) is 6.18. The van der Waals surface area contributed by atoms with Crippen LogP contribution in [-0.4, -0.2) is 5.54 Å². The first-order valence-electron chi connectivity index (χ1n) is 5.92. The molecular formula is C12H22ClN. The predicted octanol–water partition coefficient (Wildman–Crippen LogP) is 3.12. The van der Waals surface area contributed by atoms with Gasteiger partial charge >= 0.3 is 0 Å². The van der Waals surface area contributed by atoms with Crippen LogP contribution in [0.4, 0.5) is 0 Å². The zero-order chi connectivity index (χ0) is 9.10. The van der Waals surface area contributed by atoms with Gasteiger partial charge in [0.05, 0.1) is 0 Å². The minimum Gasteiger partial charge on any atom is -0.325 e. The highest BCUT2D eigenvalue weighted by atomic mass is 35.5. The second kappa shape index (κ2) is 3.12. The lowest BCUT2D eigenvalue weighted by atomic mass is 9.46. The Morgan fingerprint density at radius 3 is 2.14 bits per heavy atom. The van der Waals surface area contributed by atoms with Crippen molar-refractivity contribution < 1.29 is 0 Å². The number of halogens is 1. The Bertz CT molecular complexity index is 224. The molecule has 0 aromatic rings. The summed E-state index contributed by atoms with van der Waals surface area (Å²) < 4.78 is 0.